The monoisotopic (exact) mass is 982 g/mol. The molecule has 5 aromatic carbocycles. The highest BCUT2D eigenvalue weighted by atomic mass is 16.6. The highest BCUT2D eigenvalue weighted by Crippen LogP contribution is 2.23. The fourth-order valence-corrected chi connectivity index (χ4v) is 7.34. The van der Waals surface area contributed by atoms with Crippen molar-refractivity contribution in [3.8, 4) is 34.5 Å². The van der Waals surface area contributed by atoms with Crippen LogP contribution in [0.15, 0.2) is 147 Å². The Hall–Kier alpha value is -7.34. The maximum atomic E-state index is 12.8. The number of ether oxygens (including phenoxy) is 8. The predicted molar refractivity (Wildman–Crippen MR) is 279 cm³/mol. The number of rotatable bonds is 36. The molecule has 5 aromatic rings. The van der Waals surface area contributed by atoms with Crippen LogP contribution in [0.1, 0.15) is 144 Å². The maximum Gasteiger partial charge on any atom is 0.343 e. The highest BCUT2D eigenvalue weighted by Gasteiger charge is 2.14. The van der Waals surface area contributed by atoms with E-state index in [0.29, 0.717) is 58.5 Å². The molecule has 12 nitrogen and oxygen atoms in total. The van der Waals surface area contributed by atoms with Crippen molar-refractivity contribution in [2.24, 2.45) is 0 Å². The first-order chi connectivity index (χ1) is 35.3. The van der Waals surface area contributed by atoms with Crippen LogP contribution in [0.3, 0.4) is 0 Å². The summed E-state index contributed by atoms with van der Waals surface area (Å²) in [6.45, 7) is 9.13. The lowest BCUT2D eigenvalue weighted by molar-refractivity contribution is 0.0442. The minimum absolute atomic E-state index is 0.0374. The number of carbonyl (C=O) groups is 4. The zero-order valence-corrected chi connectivity index (χ0v) is 41.6. The number of benzene rings is 5. The topological polar surface area (TPSA) is 142 Å². The molecular formula is C60H70O12. The van der Waals surface area contributed by atoms with E-state index in [1.165, 1.54) is 88.5 Å². The van der Waals surface area contributed by atoms with Gasteiger partial charge in [0, 0.05) is 0 Å². The van der Waals surface area contributed by atoms with E-state index in [0.717, 1.165) is 38.5 Å². The van der Waals surface area contributed by atoms with Crippen molar-refractivity contribution >= 4 is 23.9 Å². The van der Waals surface area contributed by atoms with Gasteiger partial charge in [-0.05, 0) is 160 Å². The average Bonchev–Trinajstić information content (AvgIpc) is 3.41. The molecule has 12 heteroatoms. The third kappa shape index (κ3) is 21.7. The Bertz CT molecular complexity index is 2190. The van der Waals surface area contributed by atoms with Gasteiger partial charge in [-0.3, -0.25) is 0 Å². The standard InChI is InChI=1S/C60H70O12/c1-3-5-7-9-11-13-15-17-19-41-65-51-29-21-47(22-30-51)57(61)69-45-43-67-53-33-25-49(26-34-53)59(63)71-55-37-39-56(40-38-55)72-60(64)50-27-35-54(36-28-50)68-44-46-70-58(62)48-23-31-52(32-24-48)66-42-20-18-16-14-12-10-8-6-4-2/h3-4,21-40H,1-2,5-20,41-46H2. The predicted octanol–water partition coefficient (Wildman–Crippen LogP) is 14.0. The molecule has 0 N–H and O–H groups in total. The first kappa shape index (κ1) is 55.6. The van der Waals surface area contributed by atoms with Gasteiger partial charge in [0.2, 0.25) is 0 Å². The van der Waals surface area contributed by atoms with E-state index >= 15 is 0 Å². The van der Waals surface area contributed by atoms with Crippen molar-refractivity contribution in [2.75, 3.05) is 39.6 Å². The Morgan fingerprint density at radius 3 is 0.847 bits per heavy atom. The first-order valence-electron chi connectivity index (χ1n) is 25.3. The molecule has 382 valence electrons. The largest absolute Gasteiger partial charge is 0.494 e. The Balaban J connectivity index is 0.901. The van der Waals surface area contributed by atoms with Crippen molar-refractivity contribution in [2.45, 2.75) is 103 Å². The fourth-order valence-electron chi connectivity index (χ4n) is 7.34. The summed E-state index contributed by atoms with van der Waals surface area (Å²) >= 11 is 0. The zero-order valence-electron chi connectivity index (χ0n) is 41.6. The maximum absolute atomic E-state index is 12.8. The van der Waals surface area contributed by atoms with Crippen LogP contribution in [0.2, 0.25) is 0 Å². The number of hydrogen-bond acceptors (Lipinski definition) is 12. The van der Waals surface area contributed by atoms with E-state index in [-0.39, 0.29) is 37.9 Å². The molecule has 0 aromatic heterocycles. The second-order valence-corrected chi connectivity index (χ2v) is 17.1. The highest BCUT2D eigenvalue weighted by molar-refractivity contribution is 5.92. The lowest BCUT2D eigenvalue weighted by Crippen LogP contribution is -2.13. The van der Waals surface area contributed by atoms with Crippen LogP contribution in [0.4, 0.5) is 0 Å². The van der Waals surface area contributed by atoms with Crippen molar-refractivity contribution in [1.82, 2.24) is 0 Å². The molecule has 0 fully saturated rings. The van der Waals surface area contributed by atoms with E-state index in [1.54, 1.807) is 97.1 Å². The van der Waals surface area contributed by atoms with Crippen molar-refractivity contribution in [3.63, 3.8) is 0 Å². The van der Waals surface area contributed by atoms with Gasteiger partial charge in [0.25, 0.3) is 0 Å². The third-order valence-electron chi connectivity index (χ3n) is 11.4. The van der Waals surface area contributed by atoms with E-state index in [4.69, 9.17) is 37.9 Å². The Morgan fingerprint density at radius 1 is 0.292 bits per heavy atom. The molecular weight excluding hydrogens is 913 g/mol. The Labute approximate surface area is 425 Å². The molecule has 0 amide bonds. The van der Waals surface area contributed by atoms with Crippen LogP contribution in [-0.4, -0.2) is 63.5 Å². The van der Waals surface area contributed by atoms with Crippen LogP contribution in [-0.2, 0) is 9.47 Å². The summed E-state index contributed by atoms with van der Waals surface area (Å²) in [5, 5.41) is 0. The number of hydrogen-bond donors (Lipinski definition) is 0. The summed E-state index contributed by atoms with van der Waals surface area (Å²) in [6, 6.07) is 32.6. The van der Waals surface area contributed by atoms with Crippen molar-refractivity contribution in [1.29, 1.82) is 0 Å². The molecule has 72 heavy (non-hydrogen) atoms. The molecule has 0 aliphatic carbocycles. The molecule has 0 spiro atoms. The molecule has 0 aliphatic rings. The molecule has 0 atom stereocenters. The summed E-state index contributed by atoms with van der Waals surface area (Å²) in [5.41, 5.74) is 1.42. The second kappa shape index (κ2) is 33.3. The van der Waals surface area contributed by atoms with Gasteiger partial charge in [-0.25, -0.2) is 19.2 Å². The van der Waals surface area contributed by atoms with Gasteiger partial charge in [0.05, 0.1) is 35.5 Å². The van der Waals surface area contributed by atoms with Gasteiger partial charge < -0.3 is 37.9 Å². The molecule has 0 radical (unpaired) electrons. The van der Waals surface area contributed by atoms with E-state index < -0.39 is 23.9 Å². The molecule has 0 unspecified atom stereocenters. The number of unbranched alkanes of at least 4 members (excludes halogenated alkanes) is 14. The normalized spacial score (nSPS) is 10.7. The van der Waals surface area contributed by atoms with Crippen LogP contribution in [0.5, 0.6) is 34.5 Å². The smallest absolute Gasteiger partial charge is 0.343 e. The summed E-state index contributed by atoms with van der Waals surface area (Å²) in [6.07, 6.45) is 22.9. The minimum atomic E-state index is -0.591. The molecule has 0 saturated carbocycles. The lowest BCUT2D eigenvalue weighted by atomic mass is 10.1. The van der Waals surface area contributed by atoms with Gasteiger partial charge in [0.15, 0.2) is 0 Å². The number of allylic oxidation sites excluding steroid dienone is 2. The quantitative estimate of drug-likeness (QED) is 0.0163. The fraction of sp³-hybridized carbons (Fsp3) is 0.367. The van der Waals surface area contributed by atoms with Crippen LogP contribution in [0, 0.1) is 0 Å². The van der Waals surface area contributed by atoms with E-state index in [2.05, 4.69) is 13.2 Å². The average molecular weight is 983 g/mol. The van der Waals surface area contributed by atoms with E-state index in [1.807, 2.05) is 12.2 Å². The van der Waals surface area contributed by atoms with Crippen molar-refractivity contribution < 1.29 is 57.1 Å². The van der Waals surface area contributed by atoms with E-state index in [9.17, 15) is 19.2 Å². The van der Waals surface area contributed by atoms with Gasteiger partial charge in [-0.2, -0.15) is 0 Å². The Kier molecular flexibility index (Phi) is 25.7. The van der Waals surface area contributed by atoms with Gasteiger partial charge in [-0.15, -0.1) is 13.2 Å². The summed E-state index contributed by atoms with van der Waals surface area (Å²) in [5.74, 6) is 0.808. The number of carbonyl (C=O) groups excluding carboxylic acids is 4. The summed E-state index contributed by atoms with van der Waals surface area (Å²) in [4.78, 5) is 50.7. The molecule has 0 heterocycles. The SMILES string of the molecule is C=CCCCCCCCCCOc1ccc(C(=O)OCCOc2ccc(C(=O)Oc3ccc(OC(=O)c4ccc(OCCOC(=O)c5ccc(OCCCCCCCCCC=C)cc5)cc4)cc3)cc2)cc1. The lowest BCUT2D eigenvalue weighted by Gasteiger charge is -2.10. The van der Waals surface area contributed by atoms with Crippen LogP contribution in [0.25, 0.3) is 0 Å². The minimum Gasteiger partial charge on any atom is -0.494 e. The summed E-state index contributed by atoms with van der Waals surface area (Å²) in [7, 11) is 0. The second-order valence-electron chi connectivity index (χ2n) is 17.1. The van der Waals surface area contributed by atoms with Gasteiger partial charge >= 0.3 is 23.9 Å². The first-order valence-corrected chi connectivity index (χ1v) is 25.3. The molecule has 0 saturated heterocycles. The summed E-state index contributed by atoms with van der Waals surface area (Å²) < 4.78 is 44.8. The molecule has 0 aliphatic heterocycles. The van der Waals surface area contributed by atoms with Crippen molar-refractivity contribution in [3.05, 3.63) is 169 Å². The van der Waals surface area contributed by atoms with Crippen LogP contribution < -0.4 is 28.4 Å². The third-order valence-corrected chi connectivity index (χ3v) is 11.4. The van der Waals surface area contributed by atoms with Crippen LogP contribution >= 0.6 is 0 Å². The zero-order chi connectivity index (χ0) is 50.9. The molecule has 0 bridgehead atoms. The molecule has 5 rings (SSSR count). The van der Waals surface area contributed by atoms with Gasteiger partial charge in [0.1, 0.15) is 60.9 Å². The van der Waals surface area contributed by atoms with Gasteiger partial charge in [-0.1, -0.05) is 76.4 Å². The Morgan fingerprint density at radius 2 is 0.542 bits per heavy atom. The number of esters is 4.